The smallest absolute Gasteiger partial charge is 0.123 e. The maximum atomic E-state index is 12.9. The van der Waals surface area contributed by atoms with E-state index in [2.05, 4.69) is 18.7 Å². The molecule has 2 unspecified atom stereocenters. The van der Waals surface area contributed by atoms with Gasteiger partial charge in [0.05, 0.1) is 0 Å². The molecule has 0 amide bonds. The molecule has 0 saturated heterocycles. The molecule has 3 heteroatoms. The normalized spacial score (nSPS) is 14.4. The lowest BCUT2D eigenvalue weighted by atomic mass is 9.95. The molecule has 2 nitrogen and oxygen atoms in total. The molecular weight excluding hydrogens is 215 g/mol. The summed E-state index contributed by atoms with van der Waals surface area (Å²) in [7, 11) is 2.02. The molecule has 0 saturated carbocycles. The third-order valence-electron chi connectivity index (χ3n) is 3.37. The Morgan fingerprint density at radius 2 is 1.88 bits per heavy atom. The molecule has 2 N–H and O–H groups in total. The molecule has 1 aromatic carbocycles. The summed E-state index contributed by atoms with van der Waals surface area (Å²) in [5.41, 5.74) is 6.87. The number of likely N-dealkylation sites (N-methyl/N-ethyl adjacent to an activating group) is 1. The summed E-state index contributed by atoms with van der Waals surface area (Å²) < 4.78 is 12.9. The summed E-state index contributed by atoms with van der Waals surface area (Å²) in [4.78, 5) is 2.15. The fraction of sp³-hybridized carbons (Fsp3) is 0.571. The fourth-order valence-corrected chi connectivity index (χ4v) is 2.29. The van der Waals surface area contributed by atoms with Crippen molar-refractivity contribution in [1.82, 2.24) is 0 Å². The Morgan fingerprint density at radius 1 is 1.29 bits per heavy atom. The van der Waals surface area contributed by atoms with Gasteiger partial charge in [0.2, 0.25) is 0 Å². The first-order valence-electron chi connectivity index (χ1n) is 6.28. The van der Waals surface area contributed by atoms with Crippen molar-refractivity contribution in [3.8, 4) is 0 Å². The minimum Gasteiger partial charge on any atom is -0.370 e. The molecule has 0 heterocycles. The van der Waals surface area contributed by atoms with Crippen LogP contribution in [0.3, 0.4) is 0 Å². The van der Waals surface area contributed by atoms with Gasteiger partial charge in [-0.3, -0.25) is 0 Å². The van der Waals surface area contributed by atoms with Gasteiger partial charge in [0, 0.05) is 25.3 Å². The van der Waals surface area contributed by atoms with Gasteiger partial charge in [-0.05, 0) is 36.6 Å². The average Bonchev–Trinajstić information content (AvgIpc) is 2.31. The van der Waals surface area contributed by atoms with Gasteiger partial charge in [0.15, 0.2) is 0 Å². The zero-order valence-corrected chi connectivity index (χ0v) is 11.0. The van der Waals surface area contributed by atoms with E-state index < -0.39 is 0 Å². The van der Waals surface area contributed by atoms with Gasteiger partial charge < -0.3 is 10.6 Å². The lowest BCUT2D eigenvalue weighted by molar-refractivity contribution is 0.414. The van der Waals surface area contributed by atoms with Crippen LogP contribution in [0.5, 0.6) is 0 Å². The maximum absolute atomic E-state index is 12.9. The third-order valence-corrected chi connectivity index (χ3v) is 3.37. The second kappa shape index (κ2) is 6.60. The molecule has 0 fully saturated rings. The maximum Gasteiger partial charge on any atom is 0.123 e. The van der Waals surface area contributed by atoms with Crippen molar-refractivity contribution in [2.75, 3.05) is 18.5 Å². The highest BCUT2D eigenvalue weighted by Crippen LogP contribution is 2.21. The van der Waals surface area contributed by atoms with Crippen LogP contribution in [0.1, 0.15) is 26.7 Å². The van der Waals surface area contributed by atoms with Crippen molar-refractivity contribution < 1.29 is 4.39 Å². The molecular formula is C14H23FN2. The number of nitrogens with two attached hydrogens (primary N) is 1. The van der Waals surface area contributed by atoms with Gasteiger partial charge in [0.1, 0.15) is 5.82 Å². The zero-order valence-electron chi connectivity index (χ0n) is 11.0. The van der Waals surface area contributed by atoms with Crippen molar-refractivity contribution in [3.05, 3.63) is 30.1 Å². The quantitative estimate of drug-likeness (QED) is 0.825. The Balaban J connectivity index is 2.78. The highest BCUT2D eigenvalue weighted by Gasteiger charge is 2.20. The van der Waals surface area contributed by atoms with E-state index in [4.69, 9.17) is 5.73 Å². The van der Waals surface area contributed by atoms with Crippen LogP contribution in [0.2, 0.25) is 0 Å². The van der Waals surface area contributed by atoms with Crippen molar-refractivity contribution in [2.24, 2.45) is 11.7 Å². The molecule has 1 aromatic rings. The number of nitrogens with zero attached hydrogens (tertiary/aromatic N) is 1. The second-order valence-corrected chi connectivity index (χ2v) is 4.66. The highest BCUT2D eigenvalue weighted by molar-refractivity contribution is 5.46. The molecule has 0 aromatic heterocycles. The predicted molar refractivity (Wildman–Crippen MR) is 71.7 cm³/mol. The van der Waals surface area contributed by atoms with Crippen LogP contribution in [-0.2, 0) is 0 Å². The van der Waals surface area contributed by atoms with Crippen LogP contribution in [0.25, 0.3) is 0 Å². The van der Waals surface area contributed by atoms with Crippen molar-refractivity contribution in [3.63, 3.8) is 0 Å². The van der Waals surface area contributed by atoms with E-state index >= 15 is 0 Å². The van der Waals surface area contributed by atoms with E-state index in [1.54, 1.807) is 12.1 Å². The molecule has 0 aliphatic heterocycles. The van der Waals surface area contributed by atoms with Crippen molar-refractivity contribution in [1.29, 1.82) is 0 Å². The van der Waals surface area contributed by atoms with E-state index in [0.29, 0.717) is 18.5 Å². The van der Waals surface area contributed by atoms with Gasteiger partial charge in [0.25, 0.3) is 0 Å². The van der Waals surface area contributed by atoms with Crippen LogP contribution in [0.15, 0.2) is 24.3 Å². The average molecular weight is 238 g/mol. The lowest BCUT2D eigenvalue weighted by Gasteiger charge is -2.33. The number of benzene rings is 1. The summed E-state index contributed by atoms with van der Waals surface area (Å²) in [6, 6.07) is 6.89. The van der Waals surface area contributed by atoms with E-state index in [1.807, 2.05) is 7.05 Å². The first-order valence-corrected chi connectivity index (χ1v) is 6.28. The van der Waals surface area contributed by atoms with Crippen molar-refractivity contribution in [2.45, 2.75) is 32.7 Å². The molecule has 0 aliphatic carbocycles. The summed E-state index contributed by atoms with van der Waals surface area (Å²) in [5, 5.41) is 0. The Bertz CT molecular complexity index is 323. The van der Waals surface area contributed by atoms with Crippen LogP contribution in [0.4, 0.5) is 10.1 Å². The third kappa shape index (κ3) is 3.70. The predicted octanol–water partition coefficient (Wildman–Crippen LogP) is 3.03. The molecule has 17 heavy (non-hydrogen) atoms. The number of halogens is 1. The Kier molecular flexibility index (Phi) is 5.42. The van der Waals surface area contributed by atoms with Crippen LogP contribution < -0.4 is 10.6 Å². The molecule has 0 aliphatic rings. The van der Waals surface area contributed by atoms with Gasteiger partial charge in [-0.2, -0.15) is 0 Å². The monoisotopic (exact) mass is 238 g/mol. The first kappa shape index (κ1) is 14.0. The number of anilines is 1. The number of hydrogen-bond acceptors (Lipinski definition) is 2. The molecule has 0 bridgehead atoms. The second-order valence-electron chi connectivity index (χ2n) is 4.66. The molecule has 1 rings (SSSR count). The molecule has 0 radical (unpaired) electrons. The summed E-state index contributed by atoms with van der Waals surface area (Å²) in [6.07, 6.45) is 2.32. The summed E-state index contributed by atoms with van der Waals surface area (Å²) in [6.45, 7) is 5.03. The zero-order chi connectivity index (χ0) is 12.8. The molecule has 96 valence electrons. The Morgan fingerprint density at radius 3 is 2.35 bits per heavy atom. The van der Waals surface area contributed by atoms with Crippen molar-refractivity contribution >= 4 is 5.69 Å². The summed E-state index contributed by atoms with van der Waals surface area (Å²) in [5.74, 6) is 0.341. The topological polar surface area (TPSA) is 29.3 Å². The van der Waals surface area contributed by atoms with E-state index in [0.717, 1.165) is 18.5 Å². The van der Waals surface area contributed by atoms with E-state index in [1.165, 1.54) is 12.1 Å². The molecule has 0 spiro atoms. The minimum absolute atomic E-state index is 0.201. The van der Waals surface area contributed by atoms with E-state index in [9.17, 15) is 4.39 Å². The van der Waals surface area contributed by atoms with Gasteiger partial charge >= 0.3 is 0 Å². The first-order chi connectivity index (χ1) is 8.10. The van der Waals surface area contributed by atoms with Gasteiger partial charge in [-0.1, -0.05) is 20.3 Å². The van der Waals surface area contributed by atoms with Gasteiger partial charge in [-0.25, -0.2) is 4.39 Å². The van der Waals surface area contributed by atoms with Gasteiger partial charge in [-0.15, -0.1) is 0 Å². The fourth-order valence-electron chi connectivity index (χ4n) is 2.29. The number of hydrogen-bond donors (Lipinski definition) is 1. The standard InChI is InChI=1S/C14H23FN2/c1-4-5-11(2)14(10-16)17(3)13-8-6-12(15)7-9-13/h6-9,11,14H,4-5,10,16H2,1-3H3. The Hall–Kier alpha value is -1.09. The number of rotatable bonds is 6. The largest absolute Gasteiger partial charge is 0.370 e. The van der Waals surface area contributed by atoms with Crippen LogP contribution >= 0.6 is 0 Å². The highest BCUT2D eigenvalue weighted by atomic mass is 19.1. The van der Waals surface area contributed by atoms with Crippen LogP contribution in [0, 0.1) is 11.7 Å². The SMILES string of the molecule is CCCC(C)C(CN)N(C)c1ccc(F)cc1. The molecule has 2 atom stereocenters. The summed E-state index contributed by atoms with van der Waals surface area (Å²) >= 11 is 0. The minimum atomic E-state index is -0.201. The lowest BCUT2D eigenvalue weighted by Crippen LogP contribution is -2.42. The van der Waals surface area contributed by atoms with E-state index in [-0.39, 0.29) is 5.82 Å². The Labute approximate surface area is 104 Å². The van der Waals surface area contributed by atoms with Crippen LogP contribution in [-0.4, -0.2) is 19.6 Å².